The maximum absolute atomic E-state index is 11.9. The molecule has 0 aliphatic carbocycles. The highest BCUT2D eigenvalue weighted by Gasteiger charge is 2.32. The lowest BCUT2D eigenvalue weighted by Gasteiger charge is -2.36. The van der Waals surface area contributed by atoms with Crippen molar-refractivity contribution in [2.75, 3.05) is 23.3 Å². The fourth-order valence-electron chi connectivity index (χ4n) is 2.84. The monoisotopic (exact) mass is 275 g/mol. The van der Waals surface area contributed by atoms with Crippen molar-refractivity contribution >= 4 is 23.2 Å². The van der Waals surface area contributed by atoms with Crippen LogP contribution in [0, 0.1) is 0 Å². The first-order chi connectivity index (χ1) is 9.61. The zero-order chi connectivity index (χ0) is 14.3. The molecule has 0 radical (unpaired) electrons. The Labute approximate surface area is 116 Å². The zero-order valence-corrected chi connectivity index (χ0v) is 11.2. The summed E-state index contributed by atoms with van der Waals surface area (Å²) < 4.78 is 0. The highest BCUT2D eigenvalue weighted by molar-refractivity contribution is 6.02. The second-order valence-corrected chi connectivity index (χ2v) is 5.07. The molecule has 2 unspecified atom stereocenters. The topological polar surface area (TPSA) is 81.7 Å². The summed E-state index contributed by atoms with van der Waals surface area (Å²) in [5.74, 6) is -0.371. The zero-order valence-electron chi connectivity index (χ0n) is 11.2. The first-order valence-electron chi connectivity index (χ1n) is 6.79. The van der Waals surface area contributed by atoms with Crippen LogP contribution in [0.4, 0.5) is 11.4 Å². The molecule has 2 aliphatic heterocycles. The quantitative estimate of drug-likeness (QED) is 0.729. The van der Waals surface area contributed by atoms with Gasteiger partial charge in [-0.15, -0.1) is 0 Å². The lowest BCUT2D eigenvalue weighted by molar-refractivity contribution is -0.124. The number of piperazine rings is 1. The summed E-state index contributed by atoms with van der Waals surface area (Å²) in [6.07, 6.45) is -0.372. The van der Waals surface area contributed by atoms with Crippen LogP contribution in [0.15, 0.2) is 18.2 Å². The van der Waals surface area contributed by atoms with Gasteiger partial charge >= 0.3 is 0 Å². The van der Waals surface area contributed by atoms with Crippen LogP contribution >= 0.6 is 0 Å². The smallest absolute Gasteiger partial charge is 0.257 e. The minimum absolute atomic E-state index is 0.0309. The Balaban J connectivity index is 1.93. The molecular weight excluding hydrogens is 258 g/mol. The predicted octanol–water partition coefficient (Wildman–Crippen LogP) is 0.387. The third kappa shape index (κ3) is 1.92. The molecule has 0 aromatic heterocycles. The summed E-state index contributed by atoms with van der Waals surface area (Å²) in [6, 6.07) is 5.23. The Bertz CT molecular complexity index is 573. The summed E-state index contributed by atoms with van der Waals surface area (Å²) in [4.78, 5) is 25.4. The van der Waals surface area contributed by atoms with Crippen LogP contribution < -0.4 is 15.5 Å². The Hall–Kier alpha value is -2.08. The summed E-state index contributed by atoms with van der Waals surface area (Å²) in [5.41, 5.74) is 2.11. The van der Waals surface area contributed by atoms with Gasteiger partial charge in [-0.25, -0.2) is 0 Å². The number of amides is 2. The molecule has 2 atom stereocenters. The molecule has 0 spiro atoms. The van der Waals surface area contributed by atoms with Gasteiger partial charge < -0.3 is 20.6 Å². The molecule has 3 N–H and O–H groups in total. The van der Waals surface area contributed by atoms with Crippen molar-refractivity contribution in [2.24, 2.45) is 0 Å². The molecule has 20 heavy (non-hydrogen) atoms. The van der Waals surface area contributed by atoms with Crippen LogP contribution in [0.3, 0.4) is 0 Å². The third-order valence-electron chi connectivity index (χ3n) is 3.89. The largest absolute Gasteiger partial charge is 0.378 e. The van der Waals surface area contributed by atoms with Crippen LogP contribution in [0.25, 0.3) is 0 Å². The minimum Gasteiger partial charge on any atom is -0.378 e. The Morgan fingerprint density at radius 2 is 2.15 bits per heavy atom. The van der Waals surface area contributed by atoms with Crippen molar-refractivity contribution in [1.82, 2.24) is 5.32 Å². The standard InChI is InChI=1S/C14H17N3O3/c1-2-11-13(19)15-5-6-17(11)8-3-4-9-10(7-8)16-14(20)12(9)18/h3-4,7,11-12,18H,2,5-6H2,1H3,(H,15,19)(H,16,20). The van der Waals surface area contributed by atoms with Gasteiger partial charge in [-0.2, -0.15) is 0 Å². The summed E-state index contributed by atoms with van der Waals surface area (Å²) in [5, 5.41) is 15.2. The maximum atomic E-state index is 11.9. The van der Waals surface area contributed by atoms with E-state index in [-0.39, 0.29) is 11.9 Å². The van der Waals surface area contributed by atoms with Crippen LogP contribution in [0.2, 0.25) is 0 Å². The van der Waals surface area contributed by atoms with E-state index in [1.807, 2.05) is 24.0 Å². The highest BCUT2D eigenvalue weighted by Crippen LogP contribution is 2.34. The van der Waals surface area contributed by atoms with E-state index >= 15 is 0 Å². The molecule has 1 aromatic rings. The van der Waals surface area contributed by atoms with Crippen molar-refractivity contribution in [3.63, 3.8) is 0 Å². The number of carbonyl (C=O) groups is 2. The van der Waals surface area contributed by atoms with E-state index in [4.69, 9.17) is 0 Å². The number of anilines is 2. The highest BCUT2D eigenvalue weighted by atomic mass is 16.3. The summed E-state index contributed by atoms with van der Waals surface area (Å²) >= 11 is 0. The molecule has 106 valence electrons. The fourth-order valence-corrected chi connectivity index (χ4v) is 2.84. The van der Waals surface area contributed by atoms with E-state index in [0.717, 1.165) is 18.7 Å². The second-order valence-electron chi connectivity index (χ2n) is 5.07. The number of nitrogens with one attached hydrogen (secondary N) is 2. The molecule has 1 aromatic carbocycles. The molecule has 1 saturated heterocycles. The molecule has 1 fully saturated rings. The van der Waals surface area contributed by atoms with Crippen molar-refractivity contribution in [2.45, 2.75) is 25.5 Å². The van der Waals surface area contributed by atoms with Gasteiger partial charge in [-0.3, -0.25) is 9.59 Å². The van der Waals surface area contributed by atoms with Gasteiger partial charge in [0.25, 0.3) is 5.91 Å². The van der Waals surface area contributed by atoms with Crippen LogP contribution in [0.1, 0.15) is 25.0 Å². The van der Waals surface area contributed by atoms with E-state index in [2.05, 4.69) is 10.6 Å². The lowest BCUT2D eigenvalue weighted by Crippen LogP contribution is -2.55. The van der Waals surface area contributed by atoms with Crippen molar-refractivity contribution in [1.29, 1.82) is 0 Å². The average molecular weight is 275 g/mol. The van der Waals surface area contributed by atoms with Gasteiger partial charge in [0.1, 0.15) is 6.04 Å². The van der Waals surface area contributed by atoms with Gasteiger partial charge in [0.15, 0.2) is 6.10 Å². The Morgan fingerprint density at radius 3 is 2.90 bits per heavy atom. The van der Waals surface area contributed by atoms with Crippen LogP contribution in [-0.2, 0) is 9.59 Å². The number of benzene rings is 1. The number of fused-ring (bicyclic) bond motifs is 1. The van der Waals surface area contributed by atoms with Crippen LogP contribution in [0.5, 0.6) is 0 Å². The normalized spacial score (nSPS) is 25.2. The first kappa shape index (κ1) is 12.9. The Kier molecular flexibility index (Phi) is 3.10. The van der Waals surface area contributed by atoms with Gasteiger partial charge in [0, 0.05) is 30.0 Å². The summed E-state index contributed by atoms with van der Waals surface area (Å²) in [6.45, 7) is 3.32. The van der Waals surface area contributed by atoms with E-state index < -0.39 is 12.0 Å². The molecule has 0 bridgehead atoms. The molecule has 0 saturated carbocycles. The molecule has 6 nitrogen and oxygen atoms in total. The van der Waals surface area contributed by atoms with Gasteiger partial charge in [0.05, 0.1) is 0 Å². The third-order valence-corrected chi connectivity index (χ3v) is 3.89. The van der Waals surface area contributed by atoms with Gasteiger partial charge in [0.2, 0.25) is 5.91 Å². The fraction of sp³-hybridized carbons (Fsp3) is 0.429. The van der Waals surface area contributed by atoms with E-state index in [1.165, 1.54) is 0 Å². The first-order valence-corrected chi connectivity index (χ1v) is 6.79. The summed E-state index contributed by atoms with van der Waals surface area (Å²) in [7, 11) is 0. The number of aliphatic hydroxyl groups excluding tert-OH is 1. The van der Waals surface area contributed by atoms with Gasteiger partial charge in [-0.1, -0.05) is 13.0 Å². The maximum Gasteiger partial charge on any atom is 0.257 e. The predicted molar refractivity (Wildman–Crippen MR) is 74.5 cm³/mol. The number of aliphatic hydroxyl groups is 1. The molecule has 2 amide bonds. The average Bonchev–Trinajstić information content (AvgIpc) is 2.73. The van der Waals surface area contributed by atoms with E-state index in [0.29, 0.717) is 17.8 Å². The van der Waals surface area contributed by atoms with Crippen molar-refractivity contribution in [3.8, 4) is 0 Å². The molecule has 6 heteroatoms. The number of rotatable bonds is 2. The molecule has 3 rings (SSSR count). The molecular formula is C14H17N3O3. The second kappa shape index (κ2) is 4.79. The number of hydrogen-bond acceptors (Lipinski definition) is 4. The molecule has 2 heterocycles. The van der Waals surface area contributed by atoms with E-state index in [1.54, 1.807) is 6.07 Å². The molecule has 2 aliphatic rings. The van der Waals surface area contributed by atoms with E-state index in [9.17, 15) is 14.7 Å². The number of carbonyl (C=O) groups excluding carboxylic acids is 2. The number of nitrogens with zero attached hydrogens (tertiary/aromatic N) is 1. The SMILES string of the molecule is CCC1C(=O)NCCN1c1ccc2c(c1)NC(=O)C2O. The van der Waals surface area contributed by atoms with Crippen molar-refractivity contribution < 1.29 is 14.7 Å². The van der Waals surface area contributed by atoms with Crippen molar-refractivity contribution in [3.05, 3.63) is 23.8 Å². The lowest BCUT2D eigenvalue weighted by atomic mass is 10.1. The number of hydrogen-bond donors (Lipinski definition) is 3. The Morgan fingerprint density at radius 1 is 1.35 bits per heavy atom. The minimum atomic E-state index is -1.09. The van der Waals surface area contributed by atoms with Crippen LogP contribution in [-0.4, -0.2) is 36.1 Å². The van der Waals surface area contributed by atoms with Gasteiger partial charge in [-0.05, 0) is 18.6 Å².